The number of amides is 2. The molecular formula is C32H40N2O6. The van der Waals surface area contributed by atoms with Crippen LogP contribution in [0.15, 0.2) is 48.5 Å². The smallest absolute Gasteiger partial charge is 0.325 e. The fourth-order valence-electron chi connectivity index (χ4n) is 4.60. The molecule has 0 aromatic heterocycles. The van der Waals surface area contributed by atoms with Gasteiger partial charge in [-0.2, -0.15) is 0 Å². The molecule has 2 amide bonds. The van der Waals surface area contributed by atoms with E-state index in [1.807, 2.05) is 48.5 Å². The first-order chi connectivity index (χ1) is 18.7. The number of fused-ring (bicyclic) bond motifs is 2. The van der Waals surface area contributed by atoms with E-state index in [4.69, 9.17) is 9.47 Å². The Hall–Kier alpha value is -3.94. The summed E-state index contributed by atoms with van der Waals surface area (Å²) < 4.78 is 10.5. The average molecular weight is 549 g/mol. The Bertz CT molecular complexity index is 1240. The maximum absolute atomic E-state index is 12.6. The summed E-state index contributed by atoms with van der Waals surface area (Å²) in [4.78, 5) is 49.1. The lowest BCUT2D eigenvalue weighted by atomic mass is 9.88. The second-order valence-electron chi connectivity index (χ2n) is 11.8. The number of carbonyl (C=O) groups excluding carboxylic acids is 4. The molecule has 3 rings (SSSR count). The first kappa shape index (κ1) is 30.6. The van der Waals surface area contributed by atoms with Crippen molar-refractivity contribution in [1.82, 2.24) is 10.6 Å². The van der Waals surface area contributed by atoms with Gasteiger partial charge < -0.3 is 20.1 Å². The van der Waals surface area contributed by atoms with E-state index < -0.39 is 23.1 Å². The van der Waals surface area contributed by atoms with Crippen LogP contribution in [0.4, 0.5) is 0 Å². The molecule has 0 saturated carbocycles. The molecule has 0 unspecified atom stereocenters. The van der Waals surface area contributed by atoms with E-state index in [1.165, 1.54) is 0 Å². The Morgan fingerprint density at radius 1 is 0.575 bits per heavy atom. The molecule has 40 heavy (non-hydrogen) atoms. The lowest BCUT2D eigenvalue weighted by molar-refractivity contribution is -0.155. The van der Waals surface area contributed by atoms with Crippen molar-refractivity contribution in [2.45, 2.75) is 78.4 Å². The highest BCUT2D eigenvalue weighted by molar-refractivity contribution is 6.06. The minimum atomic E-state index is -0.611. The Morgan fingerprint density at radius 2 is 0.875 bits per heavy atom. The topological polar surface area (TPSA) is 111 Å². The van der Waals surface area contributed by atoms with Crippen LogP contribution >= 0.6 is 0 Å². The van der Waals surface area contributed by atoms with Crippen LogP contribution in [0.2, 0.25) is 0 Å². The molecule has 0 radical (unpaired) electrons. The number of nitrogens with one attached hydrogen (secondary N) is 2. The van der Waals surface area contributed by atoms with E-state index in [0.717, 1.165) is 32.7 Å². The summed E-state index contributed by atoms with van der Waals surface area (Å²) in [6, 6.07) is 16.0. The van der Waals surface area contributed by atoms with Gasteiger partial charge in [-0.1, -0.05) is 48.5 Å². The predicted octanol–water partition coefficient (Wildman–Crippen LogP) is 4.77. The van der Waals surface area contributed by atoms with E-state index in [2.05, 4.69) is 10.6 Å². The van der Waals surface area contributed by atoms with Crippen LogP contribution in [0.1, 0.15) is 65.5 Å². The van der Waals surface area contributed by atoms with Gasteiger partial charge >= 0.3 is 11.9 Å². The Kier molecular flexibility index (Phi) is 9.90. The van der Waals surface area contributed by atoms with Crippen molar-refractivity contribution < 1.29 is 28.7 Å². The summed E-state index contributed by atoms with van der Waals surface area (Å²) in [5, 5.41) is 9.39. The van der Waals surface area contributed by atoms with Gasteiger partial charge in [0.1, 0.15) is 24.3 Å². The minimum absolute atomic E-state index is 0.174. The molecule has 0 aliphatic rings. The number of esters is 2. The monoisotopic (exact) mass is 548 g/mol. The quantitative estimate of drug-likeness (QED) is 0.279. The van der Waals surface area contributed by atoms with Gasteiger partial charge in [0, 0.05) is 12.8 Å². The van der Waals surface area contributed by atoms with Crippen LogP contribution in [0.25, 0.3) is 21.5 Å². The molecule has 0 bridgehead atoms. The third-order valence-corrected chi connectivity index (χ3v) is 6.06. The van der Waals surface area contributed by atoms with Crippen molar-refractivity contribution in [2.24, 2.45) is 0 Å². The number of hydrogen-bond donors (Lipinski definition) is 2. The highest BCUT2D eigenvalue weighted by atomic mass is 16.6. The summed E-state index contributed by atoms with van der Waals surface area (Å²) in [6.45, 7) is 10.3. The van der Waals surface area contributed by atoms with Crippen molar-refractivity contribution in [1.29, 1.82) is 0 Å². The fourth-order valence-corrected chi connectivity index (χ4v) is 4.60. The van der Waals surface area contributed by atoms with Gasteiger partial charge in [0.15, 0.2) is 0 Å². The summed E-state index contributed by atoms with van der Waals surface area (Å²) in [5.41, 5.74) is 0.855. The first-order valence-corrected chi connectivity index (χ1v) is 13.6. The SMILES string of the molecule is CC(C)(C)OC(=O)CNC(=O)CCc1c2ccccc2c(CCC(=O)NCC(=O)OC(C)(C)C)c2ccccc12. The van der Waals surface area contributed by atoms with Gasteiger partial charge in [0.2, 0.25) is 11.8 Å². The van der Waals surface area contributed by atoms with Crippen molar-refractivity contribution in [3.05, 3.63) is 59.7 Å². The van der Waals surface area contributed by atoms with Crippen LogP contribution in [-0.2, 0) is 41.5 Å². The van der Waals surface area contributed by atoms with E-state index in [9.17, 15) is 19.2 Å². The molecule has 3 aromatic rings. The van der Waals surface area contributed by atoms with Gasteiger partial charge in [-0.3, -0.25) is 19.2 Å². The minimum Gasteiger partial charge on any atom is -0.459 e. The molecule has 0 aliphatic carbocycles. The largest absolute Gasteiger partial charge is 0.459 e. The number of rotatable bonds is 10. The van der Waals surface area contributed by atoms with Crippen LogP contribution in [0.5, 0.6) is 0 Å². The van der Waals surface area contributed by atoms with Crippen LogP contribution in [-0.4, -0.2) is 48.0 Å². The van der Waals surface area contributed by atoms with Crippen molar-refractivity contribution >= 4 is 45.3 Å². The number of hydrogen-bond acceptors (Lipinski definition) is 6. The second kappa shape index (κ2) is 12.9. The third kappa shape index (κ3) is 9.07. The summed E-state index contributed by atoms with van der Waals surface area (Å²) >= 11 is 0. The van der Waals surface area contributed by atoms with E-state index in [1.54, 1.807) is 41.5 Å². The average Bonchev–Trinajstić information content (AvgIpc) is 2.86. The van der Waals surface area contributed by atoms with Crippen LogP contribution in [0.3, 0.4) is 0 Å². The summed E-state index contributed by atoms with van der Waals surface area (Å²) in [5.74, 6) is -1.41. The van der Waals surface area contributed by atoms with Crippen molar-refractivity contribution in [3.8, 4) is 0 Å². The van der Waals surface area contributed by atoms with Crippen molar-refractivity contribution in [3.63, 3.8) is 0 Å². The number of ether oxygens (including phenoxy) is 2. The molecule has 2 N–H and O–H groups in total. The molecule has 8 nitrogen and oxygen atoms in total. The zero-order valence-electron chi connectivity index (χ0n) is 24.3. The Labute approximate surface area is 235 Å². The molecular weight excluding hydrogens is 508 g/mol. The highest BCUT2D eigenvalue weighted by Gasteiger charge is 2.19. The van der Waals surface area contributed by atoms with Crippen LogP contribution < -0.4 is 10.6 Å². The zero-order valence-corrected chi connectivity index (χ0v) is 24.3. The summed E-state index contributed by atoms with van der Waals surface area (Å²) in [7, 11) is 0. The molecule has 214 valence electrons. The lowest BCUT2D eigenvalue weighted by Crippen LogP contribution is -2.34. The molecule has 0 heterocycles. The number of benzene rings is 3. The van der Waals surface area contributed by atoms with Gasteiger partial charge in [-0.05, 0) is 87.1 Å². The first-order valence-electron chi connectivity index (χ1n) is 13.6. The van der Waals surface area contributed by atoms with Gasteiger partial charge in [-0.25, -0.2) is 0 Å². The Morgan fingerprint density at radius 3 is 1.15 bits per heavy atom. The lowest BCUT2D eigenvalue weighted by Gasteiger charge is -2.20. The van der Waals surface area contributed by atoms with E-state index in [0.29, 0.717) is 12.8 Å². The van der Waals surface area contributed by atoms with E-state index >= 15 is 0 Å². The molecule has 0 aliphatic heterocycles. The zero-order chi connectivity index (χ0) is 29.5. The van der Waals surface area contributed by atoms with Crippen LogP contribution in [0, 0.1) is 0 Å². The highest BCUT2D eigenvalue weighted by Crippen LogP contribution is 2.34. The predicted molar refractivity (Wildman–Crippen MR) is 156 cm³/mol. The fraction of sp³-hybridized carbons (Fsp3) is 0.438. The maximum atomic E-state index is 12.6. The van der Waals surface area contributed by atoms with Crippen molar-refractivity contribution in [2.75, 3.05) is 13.1 Å². The number of aryl methyl sites for hydroxylation is 2. The molecule has 3 aromatic carbocycles. The van der Waals surface area contributed by atoms with E-state index in [-0.39, 0.29) is 37.7 Å². The molecule has 0 fully saturated rings. The molecule has 0 saturated heterocycles. The normalized spacial score (nSPS) is 11.8. The molecule has 0 atom stereocenters. The van der Waals surface area contributed by atoms with Gasteiger partial charge in [0.25, 0.3) is 0 Å². The second-order valence-corrected chi connectivity index (χ2v) is 11.8. The molecule has 0 spiro atoms. The van der Waals surface area contributed by atoms with Gasteiger partial charge in [-0.15, -0.1) is 0 Å². The standard InChI is InChI=1S/C32H40N2O6/c1-31(2,3)39-29(37)19-33-27(35)17-15-25-21-11-7-9-13-23(21)26(24-14-10-8-12-22(24)25)16-18-28(36)34-20-30(38)40-32(4,5)6/h7-14H,15-20H2,1-6H3,(H,33,35)(H,34,36). The summed E-state index contributed by atoms with van der Waals surface area (Å²) in [6.07, 6.45) is 1.39. The van der Waals surface area contributed by atoms with Gasteiger partial charge in [0.05, 0.1) is 0 Å². The Balaban J connectivity index is 1.75. The third-order valence-electron chi connectivity index (χ3n) is 6.06. The maximum Gasteiger partial charge on any atom is 0.325 e. The molecule has 8 heteroatoms. The number of carbonyl (C=O) groups is 4.